The number of carbonyl (C=O) groups is 2. The van der Waals surface area contributed by atoms with Crippen LogP contribution in [0.2, 0.25) is 0 Å². The fraction of sp³-hybridized carbons (Fsp3) is 0.385. The fourth-order valence-corrected chi connectivity index (χ4v) is 1.36. The van der Waals surface area contributed by atoms with Crippen LogP contribution < -0.4 is 20.7 Å². The quantitative estimate of drug-likeness (QED) is 0.622. The van der Waals surface area contributed by atoms with Crippen LogP contribution in [-0.2, 0) is 9.59 Å². The highest BCUT2D eigenvalue weighted by Gasteiger charge is 2.02. The summed E-state index contributed by atoms with van der Waals surface area (Å²) in [5.74, 6) is 0.300. The van der Waals surface area contributed by atoms with Crippen molar-refractivity contribution in [1.29, 1.82) is 0 Å². The van der Waals surface area contributed by atoms with Gasteiger partial charge in [-0.25, -0.2) is 0 Å². The molecule has 2 amide bonds. The lowest BCUT2D eigenvalue weighted by molar-refractivity contribution is -0.123. The van der Waals surface area contributed by atoms with Crippen molar-refractivity contribution in [2.45, 2.75) is 6.92 Å². The lowest BCUT2D eigenvalue weighted by atomic mass is 10.3. The van der Waals surface area contributed by atoms with Crippen LogP contribution in [0.3, 0.4) is 0 Å². The van der Waals surface area contributed by atoms with Gasteiger partial charge in [0.05, 0.1) is 0 Å². The van der Waals surface area contributed by atoms with Gasteiger partial charge in [0.2, 0.25) is 5.91 Å². The van der Waals surface area contributed by atoms with Gasteiger partial charge in [0.1, 0.15) is 5.75 Å². The van der Waals surface area contributed by atoms with E-state index in [4.69, 9.17) is 4.74 Å². The van der Waals surface area contributed by atoms with Gasteiger partial charge in [0.15, 0.2) is 6.61 Å². The molecule has 0 bridgehead atoms. The van der Waals surface area contributed by atoms with Crippen molar-refractivity contribution in [3.8, 4) is 5.75 Å². The van der Waals surface area contributed by atoms with E-state index in [2.05, 4.69) is 16.0 Å². The Kier molecular flexibility index (Phi) is 6.21. The van der Waals surface area contributed by atoms with Crippen LogP contribution in [-0.4, -0.2) is 38.6 Å². The second-order valence-electron chi connectivity index (χ2n) is 3.90. The zero-order valence-electron chi connectivity index (χ0n) is 11.2. The van der Waals surface area contributed by atoms with Crippen molar-refractivity contribution < 1.29 is 14.3 Å². The number of ether oxygens (including phenoxy) is 1. The molecule has 0 heterocycles. The van der Waals surface area contributed by atoms with Gasteiger partial charge in [-0.2, -0.15) is 0 Å². The van der Waals surface area contributed by atoms with Gasteiger partial charge in [0.25, 0.3) is 5.91 Å². The molecule has 3 N–H and O–H groups in total. The molecule has 19 heavy (non-hydrogen) atoms. The molecule has 0 atom stereocenters. The summed E-state index contributed by atoms with van der Waals surface area (Å²) in [6.07, 6.45) is 0. The Bertz CT molecular complexity index is 418. The molecular weight excluding hydrogens is 246 g/mol. The molecule has 0 aromatic heterocycles. The molecule has 104 valence electrons. The highest BCUT2D eigenvalue weighted by atomic mass is 16.5. The molecule has 0 aliphatic heterocycles. The van der Waals surface area contributed by atoms with Crippen molar-refractivity contribution in [3.63, 3.8) is 0 Å². The number of nitrogens with one attached hydrogen (secondary N) is 3. The zero-order valence-corrected chi connectivity index (χ0v) is 11.2. The molecule has 0 saturated heterocycles. The normalized spacial score (nSPS) is 9.58. The van der Waals surface area contributed by atoms with E-state index in [9.17, 15) is 9.59 Å². The molecule has 1 rings (SSSR count). The first-order chi connectivity index (χ1) is 9.11. The molecule has 1 aromatic rings. The monoisotopic (exact) mass is 265 g/mol. The molecule has 0 radical (unpaired) electrons. The number of carbonyl (C=O) groups excluding carboxylic acids is 2. The summed E-state index contributed by atoms with van der Waals surface area (Å²) in [4.78, 5) is 22.0. The molecular formula is C13H19N3O3. The van der Waals surface area contributed by atoms with Crippen LogP contribution in [0.1, 0.15) is 6.92 Å². The summed E-state index contributed by atoms with van der Waals surface area (Å²) in [6, 6.07) is 7.31. The minimum atomic E-state index is -0.219. The summed E-state index contributed by atoms with van der Waals surface area (Å²) >= 11 is 0. The second kappa shape index (κ2) is 7.97. The van der Waals surface area contributed by atoms with Gasteiger partial charge in [-0.15, -0.1) is 0 Å². The van der Waals surface area contributed by atoms with E-state index in [0.717, 1.165) is 5.69 Å². The summed E-state index contributed by atoms with van der Waals surface area (Å²) in [5, 5.41) is 8.22. The van der Waals surface area contributed by atoms with Crippen molar-refractivity contribution in [2.24, 2.45) is 0 Å². The SMILES string of the molecule is CNc1ccc(OCC(=O)NCCNC(C)=O)cc1. The molecule has 0 spiro atoms. The number of rotatable bonds is 7. The molecule has 0 fully saturated rings. The van der Waals surface area contributed by atoms with Gasteiger partial charge >= 0.3 is 0 Å². The maximum atomic E-state index is 11.4. The summed E-state index contributed by atoms with van der Waals surface area (Å²) < 4.78 is 5.32. The van der Waals surface area contributed by atoms with Crippen LogP contribution in [0.15, 0.2) is 24.3 Å². The lowest BCUT2D eigenvalue weighted by Gasteiger charge is -2.08. The van der Waals surface area contributed by atoms with Crippen molar-refractivity contribution in [1.82, 2.24) is 10.6 Å². The van der Waals surface area contributed by atoms with E-state index in [1.165, 1.54) is 6.92 Å². The maximum Gasteiger partial charge on any atom is 0.258 e. The van der Waals surface area contributed by atoms with E-state index < -0.39 is 0 Å². The van der Waals surface area contributed by atoms with E-state index in [1.807, 2.05) is 19.2 Å². The van der Waals surface area contributed by atoms with Gasteiger partial charge in [-0.3, -0.25) is 9.59 Å². The smallest absolute Gasteiger partial charge is 0.258 e. The predicted octanol–water partition coefficient (Wildman–Crippen LogP) is 0.359. The van der Waals surface area contributed by atoms with Crippen LogP contribution in [0, 0.1) is 0 Å². The molecule has 1 aromatic carbocycles. The summed E-state index contributed by atoms with van der Waals surface area (Å²) in [5.41, 5.74) is 0.979. The van der Waals surface area contributed by atoms with Crippen molar-refractivity contribution in [2.75, 3.05) is 32.1 Å². The molecule has 0 saturated carbocycles. The van der Waals surface area contributed by atoms with Crippen molar-refractivity contribution >= 4 is 17.5 Å². The summed E-state index contributed by atoms with van der Waals surface area (Å²) in [6.45, 7) is 2.19. The largest absolute Gasteiger partial charge is 0.484 e. The first-order valence-corrected chi connectivity index (χ1v) is 6.03. The Labute approximate surface area is 112 Å². The van der Waals surface area contributed by atoms with E-state index >= 15 is 0 Å². The third kappa shape index (κ3) is 6.30. The number of benzene rings is 1. The van der Waals surface area contributed by atoms with Crippen LogP contribution >= 0.6 is 0 Å². The molecule has 0 aliphatic carbocycles. The minimum absolute atomic E-state index is 0.0427. The molecule has 6 heteroatoms. The molecule has 6 nitrogen and oxygen atoms in total. The predicted molar refractivity (Wildman–Crippen MR) is 73.2 cm³/mol. The van der Waals surface area contributed by atoms with Gasteiger partial charge in [-0.1, -0.05) is 0 Å². The number of hydrogen-bond acceptors (Lipinski definition) is 4. The topological polar surface area (TPSA) is 79.5 Å². The standard InChI is InChI=1S/C13H19N3O3/c1-10(17)15-7-8-16-13(18)9-19-12-5-3-11(14-2)4-6-12/h3-6,14H,7-9H2,1-2H3,(H,15,17)(H,16,18). The molecule has 0 aliphatic rings. The van der Waals surface area contributed by atoms with Gasteiger partial charge < -0.3 is 20.7 Å². The van der Waals surface area contributed by atoms with Crippen LogP contribution in [0.4, 0.5) is 5.69 Å². The highest BCUT2D eigenvalue weighted by molar-refractivity contribution is 5.77. The van der Waals surface area contributed by atoms with Gasteiger partial charge in [-0.05, 0) is 24.3 Å². The Morgan fingerprint density at radius 2 is 1.74 bits per heavy atom. The highest BCUT2D eigenvalue weighted by Crippen LogP contribution is 2.14. The van der Waals surface area contributed by atoms with Gasteiger partial charge in [0, 0.05) is 32.7 Å². The van der Waals surface area contributed by atoms with Crippen molar-refractivity contribution in [3.05, 3.63) is 24.3 Å². The zero-order chi connectivity index (χ0) is 14.1. The average Bonchev–Trinajstić information content (AvgIpc) is 2.41. The Hall–Kier alpha value is -2.24. The minimum Gasteiger partial charge on any atom is -0.484 e. The van der Waals surface area contributed by atoms with Crippen LogP contribution in [0.5, 0.6) is 5.75 Å². The summed E-state index contributed by atoms with van der Waals surface area (Å²) in [7, 11) is 1.83. The second-order valence-corrected chi connectivity index (χ2v) is 3.90. The van der Waals surface area contributed by atoms with E-state index in [-0.39, 0.29) is 18.4 Å². The molecule has 0 unspecified atom stereocenters. The Balaban J connectivity index is 2.20. The Morgan fingerprint density at radius 1 is 1.11 bits per heavy atom. The van der Waals surface area contributed by atoms with E-state index in [0.29, 0.717) is 18.8 Å². The number of amides is 2. The fourth-order valence-electron chi connectivity index (χ4n) is 1.36. The van der Waals surface area contributed by atoms with E-state index in [1.54, 1.807) is 12.1 Å². The maximum absolute atomic E-state index is 11.4. The first kappa shape index (κ1) is 14.8. The van der Waals surface area contributed by atoms with Crippen LogP contribution in [0.25, 0.3) is 0 Å². The third-order valence-corrected chi connectivity index (χ3v) is 2.33. The number of anilines is 1. The lowest BCUT2D eigenvalue weighted by Crippen LogP contribution is -2.36. The number of hydrogen-bond donors (Lipinski definition) is 3. The first-order valence-electron chi connectivity index (χ1n) is 6.03. The Morgan fingerprint density at radius 3 is 2.32 bits per heavy atom. The third-order valence-electron chi connectivity index (χ3n) is 2.33. The average molecular weight is 265 g/mol.